The molecule has 31 heavy (non-hydrogen) atoms. The SMILES string of the molecule is O=C(O)NC1CCCN(S(=O)(=O)c2ccc(OCc3ccncc3)cc2)C1C(=O)NO. The minimum absolute atomic E-state index is 0.00148. The Balaban J connectivity index is 1.79. The molecule has 1 aliphatic rings. The van der Waals surface area contributed by atoms with Gasteiger partial charge in [0.25, 0.3) is 5.91 Å². The summed E-state index contributed by atoms with van der Waals surface area (Å²) in [6, 6.07) is 6.84. The predicted molar refractivity (Wildman–Crippen MR) is 107 cm³/mol. The van der Waals surface area contributed by atoms with Gasteiger partial charge < -0.3 is 15.2 Å². The molecule has 0 bridgehead atoms. The maximum Gasteiger partial charge on any atom is 0.404 e. The van der Waals surface area contributed by atoms with Gasteiger partial charge in [-0.05, 0) is 54.8 Å². The van der Waals surface area contributed by atoms with Crippen molar-refractivity contribution in [1.29, 1.82) is 0 Å². The molecule has 3 rings (SSSR count). The minimum Gasteiger partial charge on any atom is -0.489 e. The van der Waals surface area contributed by atoms with Crippen LogP contribution in [0.2, 0.25) is 0 Å². The Morgan fingerprint density at radius 2 is 1.84 bits per heavy atom. The van der Waals surface area contributed by atoms with Crippen molar-refractivity contribution in [1.82, 2.24) is 20.1 Å². The lowest BCUT2D eigenvalue weighted by Crippen LogP contribution is -2.62. The highest BCUT2D eigenvalue weighted by atomic mass is 32.2. The molecule has 2 atom stereocenters. The molecule has 1 aliphatic heterocycles. The number of nitrogens with one attached hydrogen (secondary N) is 2. The number of sulfonamides is 1. The average molecular weight is 450 g/mol. The van der Waals surface area contributed by atoms with E-state index in [1.54, 1.807) is 24.5 Å². The lowest BCUT2D eigenvalue weighted by atomic mass is 9.98. The summed E-state index contributed by atoms with van der Waals surface area (Å²) in [6.07, 6.45) is 2.47. The van der Waals surface area contributed by atoms with Crippen LogP contribution in [-0.4, -0.2) is 58.6 Å². The van der Waals surface area contributed by atoms with Gasteiger partial charge in [0.05, 0.1) is 10.9 Å². The van der Waals surface area contributed by atoms with Crippen molar-refractivity contribution in [2.24, 2.45) is 0 Å². The maximum absolute atomic E-state index is 13.2. The molecule has 1 aromatic carbocycles. The summed E-state index contributed by atoms with van der Waals surface area (Å²) in [4.78, 5) is 27.1. The molecule has 0 saturated carbocycles. The van der Waals surface area contributed by atoms with Crippen LogP contribution in [0.3, 0.4) is 0 Å². The zero-order chi connectivity index (χ0) is 22.4. The van der Waals surface area contributed by atoms with E-state index in [1.165, 1.54) is 29.7 Å². The molecule has 1 saturated heterocycles. The lowest BCUT2D eigenvalue weighted by molar-refractivity contribution is -0.134. The van der Waals surface area contributed by atoms with Crippen molar-refractivity contribution in [2.75, 3.05) is 6.54 Å². The van der Waals surface area contributed by atoms with E-state index >= 15 is 0 Å². The second-order valence-corrected chi connectivity index (χ2v) is 8.74. The molecule has 2 amide bonds. The van der Waals surface area contributed by atoms with Crippen LogP contribution in [0.5, 0.6) is 5.75 Å². The highest BCUT2D eigenvalue weighted by Crippen LogP contribution is 2.27. The average Bonchev–Trinajstić information content (AvgIpc) is 2.77. The maximum atomic E-state index is 13.2. The van der Waals surface area contributed by atoms with Gasteiger partial charge in [-0.3, -0.25) is 15.0 Å². The van der Waals surface area contributed by atoms with Gasteiger partial charge >= 0.3 is 6.09 Å². The molecular weight excluding hydrogens is 428 g/mol. The van der Waals surface area contributed by atoms with Crippen LogP contribution in [0.1, 0.15) is 18.4 Å². The zero-order valence-corrected chi connectivity index (χ0v) is 17.2. The van der Waals surface area contributed by atoms with Crippen LogP contribution in [0.25, 0.3) is 0 Å². The summed E-state index contributed by atoms with van der Waals surface area (Å²) >= 11 is 0. The Hall–Kier alpha value is -3.22. The van der Waals surface area contributed by atoms with E-state index < -0.39 is 34.1 Å². The Bertz CT molecular complexity index is 1020. The quantitative estimate of drug-likeness (QED) is 0.359. The first-order chi connectivity index (χ1) is 14.8. The molecule has 4 N–H and O–H groups in total. The molecule has 166 valence electrons. The molecule has 2 unspecified atom stereocenters. The van der Waals surface area contributed by atoms with Crippen LogP contribution in [0, 0.1) is 0 Å². The van der Waals surface area contributed by atoms with E-state index in [0.717, 1.165) is 9.87 Å². The molecule has 1 aromatic heterocycles. The van der Waals surface area contributed by atoms with E-state index in [4.69, 9.17) is 15.1 Å². The molecular formula is C19H22N4O7S. The van der Waals surface area contributed by atoms with E-state index in [1.807, 2.05) is 0 Å². The number of aromatic nitrogens is 1. The second kappa shape index (κ2) is 9.73. The van der Waals surface area contributed by atoms with E-state index in [9.17, 15) is 18.0 Å². The fourth-order valence-corrected chi connectivity index (χ4v) is 5.07. The van der Waals surface area contributed by atoms with Crippen LogP contribution >= 0.6 is 0 Å². The molecule has 2 heterocycles. The normalized spacial score (nSPS) is 19.4. The summed E-state index contributed by atoms with van der Waals surface area (Å²) in [6.45, 7) is 0.278. The number of ether oxygens (including phenoxy) is 1. The highest BCUT2D eigenvalue weighted by Gasteiger charge is 2.44. The standard InChI is InChI=1S/C19H22N4O7S/c24-18(22-27)17-16(21-19(25)26)2-1-11-23(17)31(28,29)15-5-3-14(4-6-15)30-12-13-7-9-20-10-8-13/h3-10,16-17,21,27H,1-2,11-12H2,(H,22,24)(H,25,26). The predicted octanol–water partition coefficient (Wildman–Crippen LogP) is 0.955. The van der Waals surface area contributed by atoms with Gasteiger partial charge in [-0.25, -0.2) is 18.7 Å². The number of amides is 2. The Morgan fingerprint density at radius 1 is 1.16 bits per heavy atom. The highest BCUT2D eigenvalue weighted by molar-refractivity contribution is 7.89. The van der Waals surface area contributed by atoms with Crippen LogP contribution in [0.15, 0.2) is 53.7 Å². The monoisotopic (exact) mass is 450 g/mol. The Labute approximate surface area is 178 Å². The second-order valence-electron chi connectivity index (χ2n) is 6.85. The fraction of sp³-hybridized carbons (Fsp3) is 0.316. The number of benzene rings is 1. The van der Waals surface area contributed by atoms with E-state index in [0.29, 0.717) is 12.2 Å². The van der Waals surface area contributed by atoms with Crippen LogP contribution in [-0.2, 0) is 21.4 Å². The molecule has 1 fully saturated rings. The number of rotatable bonds is 7. The van der Waals surface area contributed by atoms with Crippen LogP contribution in [0.4, 0.5) is 4.79 Å². The Morgan fingerprint density at radius 3 is 2.45 bits per heavy atom. The number of pyridine rings is 1. The number of hydroxylamine groups is 1. The smallest absolute Gasteiger partial charge is 0.404 e. The topological polar surface area (TPSA) is 158 Å². The summed E-state index contributed by atoms with van der Waals surface area (Å²) < 4.78 is 32.9. The van der Waals surface area contributed by atoms with Gasteiger partial charge in [0, 0.05) is 18.9 Å². The summed E-state index contributed by atoms with van der Waals surface area (Å²) in [7, 11) is -4.15. The first kappa shape index (κ1) is 22.5. The van der Waals surface area contributed by atoms with Gasteiger partial charge in [-0.2, -0.15) is 4.31 Å². The van der Waals surface area contributed by atoms with Crippen molar-refractivity contribution in [3.8, 4) is 5.75 Å². The fourth-order valence-electron chi connectivity index (χ4n) is 3.41. The van der Waals surface area contributed by atoms with Crippen LogP contribution < -0.4 is 15.5 Å². The molecule has 0 radical (unpaired) electrons. The van der Waals surface area contributed by atoms with Crippen molar-refractivity contribution in [3.63, 3.8) is 0 Å². The van der Waals surface area contributed by atoms with Gasteiger partial charge in [-0.15, -0.1) is 0 Å². The lowest BCUT2D eigenvalue weighted by Gasteiger charge is -2.38. The van der Waals surface area contributed by atoms with Gasteiger partial charge in [0.15, 0.2) is 0 Å². The Kier molecular flexibility index (Phi) is 7.05. The van der Waals surface area contributed by atoms with Crippen molar-refractivity contribution >= 4 is 22.0 Å². The first-order valence-corrected chi connectivity index (χ1v) is 10.8. The number of carbonyl (C=O) groups is 2. The van der Waals surface area contributed by atoms with E-state index in [2.05, 4.69) is 10.3 Å². The zero-order valence-electron chi connectivity index (χ0n) is 16.3. The van der Waals surface area contributed by atoms with Gasteiger partial charge in [0.2, 0.25) is 10.0 Å². The third-order valence-electron chi connectivity index (χ3n) is 4.86. The molecule has 2 aromatic rings. The largest absolute Gasteiger partial charge is 0.489 e. The number of piperidine rings is 1. The van der Waals surface area contributed by atoms with E-state index in [-0.39, 0.29) is 24.5 Å². The summed E-state index contributed by atoms with van der Waals surface area (Å²) in [5.74, 6) is -0.566. The number of hydrogen-bond donors (Lipinski definition) is 4. The summed E-state index contributed by atoms with van der Waals surface area (Å²) in [5, 5.41) is 20.2. The van der Waals surface area contributed by atoms with Crippen molar-refractivity contribution in [2.45, 2.75) is 36.4 Å². The number of hydrogen-bond acceptors (Lipinski definition) is 7. The third kappa shape index (κ3) is 5.29. The molecule has 12 heteroatoms. The number of carboxylic acid groups (broad SMARTS) is 1. The molecule has 11 nitrogen and oxygen atoms in total. The minimum atomic E-state index is -4.15. The van der Waals surface area contributed by atoms with Gasteiger partial charge in [-0.1, -0.05) is 0 Å². The van der Waals surface area contributed by atoms with Crippen molar-refractivity contribution in [3.05, 3.63) is 54.4 Å². The summed E-state index contributed by atoms with van der Waals surface area (Å²) in [5.41, 5.74) is 2.33. The molecule has 0 aliphatic carbocycles. The number of carbonyl (C=O) groups excluding carboxylic acids is 1. The van der Waals surface area contributed by atoms with Gasteiger partial charge in [0.1, 0.15) is 18.4 Å². The third-order valence-corrected chi connectivity index (χ3v) is 6.75. The first-order valence-electron chi connectivity index (χ1n) is 9.40. The number of nitrogens with zero attached hydrogens (tertiary/aromatic N) is 2. The van der Waals surface area contributed by atoms with Crippen molar-refractivity contribution < 1.29 is 33.1 Å². The molecule has 0 spiro atoms.